The molecular formula is C18H19ClN6O2. The Morgan fingerprint density at radius 1 is 1.33 bits per heavy atom. The van der Waals surface area contributed by atoms with Crippen LogP contribution in [0.15, 0.2) is 24.5 Å². The number of hydrogen-bond acceptors (Lipinski definition) is 6. The van der Waals surface area contributed by atoms with Crippen LogP contribution in [-0.2, 0) is 0 Å². The van der Waals surface area contributed by atoms with Crippen molar-refractivity contribution in [2.75, 3.05) is 13.1 Å². The predicted octanol–water partition coefficient (Wildman–Crippen LogP) is 2.47. The van der Waals surface area contributed by atoms with E-state index in [9.17, 15) is 4.79 Å². The average Bonchev–Trinajstić information content (AvgIpc) is 3.07. The molecule has 1 aliphatic rings. The van der Waals surface area contributed by atoms with Crippen LogP contribution in [0.25, 0.3) is 5.78 Å². The van der Waals surface area contributed by atoms with E-state index in [0.29, 0.717) is 29.6 Å². The van der Waals surface area contributed by atoms with E-state index < -0.39 is 0 Å². The second kappa shape index (κ2) is 7.11. The number of piperidine rings is 1. The van der Waals surface area contributed by atoms with E-state index in [1.54, 1.807) is 27.9 Å². The van der Waals surface area contributed by atoms with Crippen molar-refractivity contribution in [1.29, 1.82) is 0 Å². The molecule has 9 heteroatoms. The number of aryl methyl sites for hydroxylation is 2. The number of aromatic nitrogens is 5. The lowest BCUT2D eigenvalue weighted by atomic mass is 10.1. The fraction of sp³-hybridized carbons (Fsp3) is 0.389. The van der Waals surface area contributed by atoms with Crippen molar-refractivity contribution in [2.24, 2.45) is 0 Å². The van der Waals surface area contributed by atoms with E-state index in [-0.39, 0.29) is 17.8 Å². The largest absolute Gasteiger partial charge is 0.487 e. The van der Waals surface area contributed by atoms with Gasteiger partial charge in [-0.05, 0) is 32.8 Å². The summed E-state index contributed by atoms with van der Waals surface area (Å²) in [5.41, 5.74) is 1.73. The van der Waals surface area contributed by atoms with Crippen molar-refractivity contribution >= 4 is 23.3 Å². The Kier molecular flexibility index (Phi) is 4.65. The quantitative estimate of drug-likeness (QED) is 0.687. The number of likely N-dealkylation sites (tertiary alicyclic amines) is 1. The number of pyridine rings is 1. The zero-order valence-corrected chi connectivity index (χ0v) is 15.8. The average molecular weight is 387 g/mol. The van der Waals surface area contributed by atoms with Crippen molar-refractivity contribution in [2.45, 2.75) is 32.8 Å². The van der Waals surface area contributed by atoms with Gasteiger partial charge in [0.15, 0.2) is 0 Å². The van der Waals surface area contributed by atoms with Gasteiger partial charge in [-0.25, -0.2) is 9.50 Å². The zero-order chi connectivity index (χ0) is 19.0. The third-order valence-corrected chi connectivity index (χ3v) is 4.79. The number of fused-ring (bicyclic) bond motifs is 1. The molecule has 4 rings (SSSR count). The number of carbonyl (C=O) groups excluding carboxylic acids is 1. The predicted molar refractivity (Wildman–Crippen MR) is 99.1 cm³/mol. The van der Waals surface area contributed by atoms with Crippen molar-refractivity contribution in [3.8, 4) is 5.75 Å². The number of amides is 1. The molecule has 0 aromatic carbocycles. The molecule has 1 atom stereocenters. The molecule has 0 bridgehead atoms. The topological polar surface area (TPSA) is 85.5 Å². The summed E-state index contributed by atoms with van der Waals surface area (Å²) in [5.74, 6) is 0.946. The summed E-state index contributed by atoms with van der Waals surface area (Å²) in [4.78, 5) is 27.2. The second-order valence-corrected chi connectivity index (χ2v) is 7.03. The summed E-state index contributed by atoms with van der Waals surface area (Å²) in [5, 5.41) is 4.79. The van der Waals surface area contributed by atoms with Gasteiger partial charge < -0.3 is 9.64 Å². The molecule has 3 aromatic heterocycles. The van der Waals surface area contributed by atoms with Crippen molar-refractivity contribution < 1.29 is 9.53 Å². The van der Waals surface area contributed by atoms with Crippen molar-refractivity contribution in [1.82, 2.24) is 29.5 Å². The number of carbonyl (C=O) groups is 1. The fourth-order valence-electron chi connectivity index (χ4n) is 3.25. The van der Waals surface area contributed by atoms with Gasteiger partial charge in [0.1, 0.15) is 16.9 Å². The van der Waals surface area contributed by atoms with E-state index in [0.717, 1.165) is 24.2 Å². The summed E-state index contributed by atoms with van der Waals surface area (Å²) in [6.07, 6.45) is 4.72. The highest BCUT2D eigenvalue weighted by Crippen LogP contribution is 2.26. The first-order valence-corrected chi connectivity index (χ1v) is 9.15. The monoisotopic (exact) mass is 386 g/mol. The third-order valence-electron chi connectivity index (χ3n) is 4.50. The van der Waals surface area contributed by atoms with E-state index in [4.69, 9.17) is 16.3 Å². The molecule has 8 nitrogen and oxygen atoms in total. The maximum atomic E-state index is 12.9. The fourth-order valence-corrected chi connectivity index (χ4v) is 3.42. The summed E-state index contributed by atoms with van der Waals surface area (Å²) < 4.78 is 7.56. The maximum absolute atomic E-state index is 12.9. The smallest absolute Gasteiger partial charge is 0.293 e. The summed E-state index contributed by atoms with van der Waals surface area (Å²) in [6.45, 7) is 4.90. The van der Waals surface area contributed by atoms with Crippen LogP contribution in [0, 0.1) is 13.8 Å². The Morgan fingerprint density at radius 2 is 2.19 bits per heavy atom. The Bertz CT molecular complexity index is 1000. The molecule has 0 spiro atoms. The van der Waals surface area contributed by atoms with E-state index in [1.807, 2.05) is 19.9 Å². The lowest BCUT2D eigenvalue weighted by Crippen LogP contribution is -2.44. The first-order valence-electron chi connectivity index (χ1n) is 8.78. The molecule has 0 aliphatic carbocycles. The van der Waals surface area contributed by atoms with Gasteiger partial charge in [-0.1, -0.05) is 11.6 Å². The minimum absolute atomic E-state index is 0.137. The number of hydrogen-bond donors (Lipinski definition) is 0. The molecule has 0 radical (unpaired) electrons. The summed E-state index contributed by atoms with van der Waals surface area (Å²) in [6, 6.07) is 3.63. The minimum Gasteiger partial charge on any atom is -0.487 e. The molecule has 0 saturated carbocycles. The first-order chi connectivity index (χ1) is 13.0. The van der Waals surface area contributed by atoms with Crippen LogP contribution in [-0.4, -0.2) is 54.6 Å². The third kappa shape index (κ3) is 3.57. The highest BCUT2D eigenvalue weighted by Gasteiger charge is 2.28. The van der Waals surface area contributed by atoms with E-state index in [1.165, 1.54) is 0 Å². The molecular weight excluding hydrogens is 368 g/mol. The molecule has 4 heterocycles. The second-order valence-electron chi connectivity index (χ2n) is 6.63. The van der Waals surface area contributed by atoms with Crippen LogP contribution in [0.5, 0.6) is 5.75 Å². The molecule has 0 N–H and O–H groups in total. The standard InChI is InChI=1S/C18H19ClN6O2/c1-11-8-12(2)25-18(21-11)22-16(23-25)17(26)24-7-3-4-13(10-24)27-15-5-6-20-9-14(15)19/h5-6,8-9,13H,3-4,7,10H2,1-2H3. The molecule has 1 unspecified atom stereocenters. The van der Waals surface area contributed by atoms with Crippen LogP contribution in [0.3, 0.4) is 0 Å². The number of ether oxygens (including phenoxy) is 1. The van der Waals surface area contributed by atoms with E-state index in [2.05, 4.69) is 20.1 Å². The van der Waals surface area contributed by atoms with Gasteiger partial charge in [0.2, 0.25) is 5.82 Å². The first kappa shape index (κ1) is 17.7. The molecule has 3 aromatic rings. The minimum atomic E-state index is -0.216. The maximum Gasteiger partial charge on any atom is 0.293 e. The molecule has 1 amide bonds. The van der Waals surface area contributed by atoms with Gasteiger partial charge in [-0.2, -0.15) is 4.98 Å². The van der Waals surface area contributed by atoms with Gasteiger partial charge in [-0.15, -0.1) is 5.10 Å². The zero-order valence-electron chi connectivity index (χ0n) is 15.1. The summed E-state index contributed by atoms with van der Waals surface area (Å²) >= 11 is 6.11. The lowest BCUT2D eigenvalue weighted by molar-refractivity contribution is 0.0527. The van der Waals surface area contributed by atoms with Gasteiger partial charge in [-0.3, -0.25) is 9.78 Å². The van der Waals surface area contributed by atoms with Gasteiger partial charge in [0.05, 0.1) is 6.54 Å². The Morgan fingerprint density at radius 3 is 3.00 bits per heavy atom. The number of rotatable bonds is 3. The van der Waals surface area contributed by atoms with Gasteiger partial charge in [0.25, 0.3) is 11.7 Å². The Hall–Kier alpha value is -2.74. The van der Waals surface area contributed by atoms with Crippen LogP contribution in [0.4, 0.5) is 0 Å². The molecule has 27 heavy (non-hydrogen) atoms. The van der Waals surface area contributed by atoms with Crippen LogP contribution < -0.4 is 4.74 Å². The van der Waals surface area contributed by atoms with Crippen LogP contribution in [0.2, 0.25) is 5.02 Å². The van der Waals surface area contributed by atoms with Gasteiger partial charge >= 0.3 is 0 Å². The Balaban J connectivity index is 1.52. The molecule has 140 valence electrons. The van der Waals surface area contributed by atoms with Crippen LogP contribution in [0.1, 0.15) is 34.8 Å². The molecule has 1 fully saturated rings. The van der Waals surface area contributed by atoms with Crippen molar-refractivity contribution in [3.05, 3.63) is 46.8 Å². The van der Waals surface area contributed by atoms with E-state index >= 15 is 0 Å². The number of nitrogens with zero attached hydrogens (tertiary/aromatic N) is 6. The SMILES string of the molecule is Cc1cc(C)n2nc(C(=O)N3CCCC(Oc4ccncc4Cl)C3)nc2n1. The Labute approximate surface area is 161 Å². The molecule has 1 saturated heterocycles. The highest BCUT2D eigenvalue weighted by atomic mass is 35.5. The normalized spacial score (nSPS) is 17.3. The van der Waals surface area contributed by atoms with Gasteiger partial charge in [0, 0.05) is 36.4 Å². The van der Waals surface area contributed by atoms with Crippen molar-refractivity contribution in [3.63, 3.8) is 0 Å². The molecule has 1 aliphatic heterocycles. The lowest BCUT2D eigenvalue weighted by Gasteiger charge is -2.32. The summed E-state index contributed by atoms with van der Waals surface area (Å²) in [7, 11) is 0. The van der Waals surface area contributed by atoms with Crippen LogP contribution >= 0.6 is 11.6 Å². The number of halogens is 1. The highest BCUT2D eigenvalue weighted by molar-refractivity contribution is 6.31.